The summed E-state index contributed by atoms with van der Waals surface area (Å²) in [7, 11) is 0. The van der Waals surface area contributed by atoms with Crippen LogP contribution in [0.3, 0.4) is 0 Å². The molecule has 0 N–H and O–H groups in total. The van der Waals surface area contributed by atoms with Crippen LogP contribution in [-0.4, -0.2) is 9.30 Å². The molecule has 2 nitrogen and oxygen atoms in total. The lowest BCUT2D eigenvalue weighted by Gasteiger charge is -1.94. The lowest BCUT2D eigenvalue weighted by Crippen LogP contribution is -1.81. The third-order valence-corrected chi connectivity index (χ3v) is 2.14. The largest absolute Gasteiger partial charge is 0.178 e. The van der Waals surface area contributed by atoms with Crippen LogP contribution in [0.15, 0.2) is 36.5 Å². The molecule has 0 fully saturated rings. The van der Waals surface area contributed by atoms with E-state index in [0.29, 0.717) is 10.7 Å². The Morgan fingerprint density at radius 2 is 1.85 bits per heavy atom. The molecule has 0 radical (unpaired) electrons. The van der Waals surface area contributed by atoms with Gasteiger partial charge in [-0.05, 0) is 0 Å². The molecule has 0 saturated heterocycles. The Bertz CT molecular complexity index is 409. The van der Waals surface area contributed by atoms with Crippen molar-refractivity contribution in [2.24, 2.45) is 0 Å². The summed E-state index contributed by atoms with van der Waals surface area (Å²) in [5.41, 5.74) is 1.67. The van der Waals surface area contributed by atoms with Gasteiger partial charge in [-0.2, -0.15) is 9.30 Å². The molecule has 0 aliphatic carbocycles. The van der Waals surface area contributed by atoms with Crippen LogP contribution in [0.5, 0.6) is 0 Å². The topological polar surface area (TPSA) is 17.8 Å². The van der Waals surface area contributed by atoms with Crippen molar-refractivity contribution in [2.75, 3.05) is 0 Å². The lowest BCUT2D eigenvalue weighted by atomic mass is 10.2. The Balaban J connectivity index is 2.53. The van der Waals surface area contributed by atoms with Crippen molar-refractivity contribution < 1.29 is 0 Å². The second-order valence-corrected chi connectivity index (χ2v) is 3.33. The zero-order valence-electron chi connectivity index (χ0n) is 6.61. The molecule has 0 atom stereocenters. The summed E-state index contributed by atoms with van der Waals surface area (Å²) in [6.45, 7) is 0. The molecule has 2 rings (SSSR count). The summed E-state index contributed by atoms with van der Waals surface area (Å²) in [5, 5.41) is 4.59. The van der Waals surface area contributed by atoms with E-state index in [0.717, 1.165) is 5.56 Å². The van der Waals surface area contributed by atoms with Gasteiger partial charge in [0.25, 0.3) is 0 Å². The number of hydrogen-bond donors (Lipinski definition) is 0. The van der Waals surface area contributed by atoms with Crippen molar-refractivity contribution in [3.8, 4) is 11.3 Å². The molecule has 66 valence electrons. The number of benzene rings is 1. The van der Waals surface area contributed by atoms with Crippen LogP contribution in [-0.2, 0) is 0 Å². The second-order valence-electron chi connectivity index (χ2n) is 2.58. The number of rotatable bonds is 1. The maximum Gasteiger partial charge on any atom is 0.112 e. The van der Waals surface area contributed by atoms with Gasteiger partial charge in [0.2, 0.25) is 0 Å². The Morgan fingerprint density at radius 3 is 2.38 bits per heavy atom. The zero-order valence-corrected chi connectivity index (χ0v) is 8.13. The molecule has 1 aromatic carbocycles. The zero-order chi connectivity index (χ0) is 9.26. The molecule has 0 aliphatic rings. The standard InChI is InChI=1S/C9H6Cl2N2/c10-8-6-13(11)12-9(8)7-4-2-1-3-5-7/h1-6H. The molecule has 1 aromatic heterocycles. The Hall–Kier alpha value is -0.990. The molecule has 13 heavy (non-hydrogen) atoms. The van der Waals surface area contributed by atoms with Crippen LogP contribution >= 0.6 is 23.4 Å². The lowest BCUT2D eigenvalue weighted by molar-refractivity contribution is 0.998. The molecule has 0 saturated carbocycles. The van der Waals surface area contributed by atoms with Crippen molar-refractivity contribution in [1.82, 2.24) is 9.30 Å². The monoisotopic (exact) mass is 212 g/mol. The van der Waals surface area contributed by atoms with Gasteiger partial charge in [0.05, 0.1) is 11.2 Å². The van der Waals surface area contributed by atoms with Gasteiger partial charge < -0.3 is 0 Å². The van der Waals surface area contributed by atoms with Crippen LogP contribution in [0, 0.1) is 0 Å². The van der Waals surface area contributed by atoms with Gasteiger partial charge in [-0.25, -0.2) is 0 Å². The van der Waals surface area contributed by atoms with E-state index in [2.05, 4.69) is 5.10 Å². The van der Waals surface area contributed by atoms with E-state index < -0.39 is 0 Å². The first-order valence-corrected chi connectivity index (χ1v) is 4.46. The minimum atomic E-state index is 0.557. The predicted molar refractivity (Wildman–Crippen MR) is 53.9 cm³/mol. The molecule has 0 amide bonds. The first-order valence-electron chi connectivity index (χ1n) is 3.74. The normalized spacial score (nSPS) is 10.3. The maximum atomic E-state index is 5.91. The van der Waals surface area contributed by atoms with Crippen LogP contribution < -0.4 is 0 Å². The van der Waals surface area contributed by atoms with Crippen molar-refractivity contribution in [1.29, 1.82) is 0 Å². The summed E-state index contributed by atoms with van der Waals surface area (Å²) in [6, 6.07) is 9.67. The SMILES string of the molecule is Clc1cn(Cl)nc1-c1ccccc1. The minimum Gasteiger partial charge on any atom is -0.178 e. The first kappa shape index (κ1) is 8.60. The van der Waals surface area contributed by atoms with E-state index in [1.54, 1.807) is 6.20 Å². The molecule has 0 unspecified atom stereocenters. The van der Waals surface area contributed by atoms with Crippen LogP contribution in [0.2, 0.25) is 5.02 Å². The fraction of sp³-hybridized carbons (Fsp3) is 0. The summed E-state index contributed by atoms with van der Waals surface area (Å²) >= 11 is 11.5. The van der Waals surface area contributed by atoms with E-state index in [-0.39, 0.29) is 0 Å². The Morgan fingerprint density at radius 1 is 1.15 bits per heavy atom. The molecule has 0 bridgehead atoms. The molecular formula is C9H6Cl2N2. The van der Waals surface area contributed by atoms with E-state index >= 15 is 0 Å². The molecule has 0 spiro atoms. The van der Waals surface area contributed by atoms with Crippen LogP contribution in [0.4, 0.5) is 0 Å². The first-order chi connectivity index (χ1) is 6.27. The van der Waals surface area contributed by atoms with Gasteiger partial charge in [-0.15, -0.1) is 0 Å². The van der Waals surface area contributed by atoms with Crippen LogP contribution in [0.25, 0.3) is 11.3 Å². The number of nitrogens with zero attached hydrogens (tertiary/aromatic N) is 2. The number of aromatic nitrogens is 2. The highest BCUT2D eigenvalue weighted by atomic mass is 35.5. The molecule has 1 heterocycles. The minimum absolute atomic E-state index is 0.557. The average Bonchev–Trinajstić information content (AvgIpc) is 2.47. The number of hydrogen-bond acceptors (Lipinski definition) is 1. The van der Waals surface area contributed by atoms with Gasteiger partial charge in [0, 0.05) is 17.3 Å². The predicted octanol–water partition coefficient (Wildman–Crippen LogP) is 3.21. The summed E-state index contributed by atoms with van der Waals surface area (Å²) in [4.78, 5) is 0. The summed E-state index contributed by atoms with van der Waals surface area (Å²) in [6.07, 6.45) is 1.56. The fourth-order valence-electron chi connectivity index (χ4n) is 1.12. The average molecular weight is 213 g/mol. The van der Waals surface area contributed by atoms with Gasteiger partial charge in [0.15, 0.2) is 0 Å². The highest BCUT2D eigenvalue weighted by Crippen LogP contribution is 2.25. The molecular weight excluding hydrogens is 207 g/mol. The van der Waals surface area contributed by atoms with Gasteiger partial charge in [-0.3, -0.25) is 0 Å². The quantitative estimate of drug-likeness (QED) is 0.711. The van der Waals surface area contributed by atoms with Gasteiger partial charge >= 0.3 is 0 Å². The van der Waals surface area contributed by atoms with Gasteiger partial charge in [0.1, 0.15) is 5.69 Å². The van der Waals surface area contributed by atoms with Crippen molar-refractivity contribution in [3.05, 3.63) is 41.6 Å². The Labute approximate surface area is 85.8 Å². The second kappa shape index (κ2) is 3.40. The van der Waals surface area contributed by atoms with E-state index in [1.807, 2.05) is 30.3 Å². The third-order valence-electron chi connectivity index (χ3n) is 1.69. The highest BCUT2D eigenvalue weighted by molar-refractivity contribution is 6.33. The molecule has 0 aliphatic heterocycles. The summed E-state index contributed by atoms with van der Waals surface area (Å²) in [5.74, 6) is 0. The van der Waals surface area contributed by atoms with Crippen molar-refractivity contribution >= 4 is 23.4 Å². The van der Waals surface area contributed by atoms with E-state index in [4.69, 9.17) is 23.4 Å². The maximum absolute atomic E-state index is 5.91. The van der Waals surface area contributed by atoms with Crippen molar-refractivity contribution in [3.63, 3.8) is 0 Å². The third kappa shape index (κ3) is 1.69. The molecule has 2 aromatic rings. The molecule has 4 heteroatoms. The van der Waals surface area contributed by atoms with Crippen LogP contribution in [0.1, 0.15) is 0 Å². The fourth-order valence-corrected chi connectivity index (χ4v) is 1.58. The number of halogens is 2. The summed E-state index contributed by atoms with van der Waals surface area (Å²) < 4.78 is 1.19. The Kier molecular flexibility index (Phi) is 2.25. The van der Waals surface area contributed by atoms with Crippen molar-refractivity contribution in [2.45, 2.75) is 0 Å². The smallest absolute Gasteiger partial charge is 0.112 e. The van der Waals surface area contributed by atoms with Gasteiger partial charge in [-0.1, -0.05) is 41.9 Å². The van der Waals surface area contributed by atoms with E-state index in [1.165, 1.54) is 4.20 Å². The highest BCUT2D eigenvalue weighted by Gasteiger charge is 2.07. The van der Waals surface area contributed by atoms with E-state index in [9.17, 15) is 0 Å².